The highest BCUT2D eigenvalue weighted by atomic mass is 16.3. The van der Waals surface area contributed by atoms with Gasteiger partial charge in [0.2, 0.25) is 0 Å². The van der Waals surface area contributed by atoms with E-state index in [1.54, 1.807) is 5.57 Å². The first-order valence-corrected chi connectivity index (χ1v) is 12.5. The van der Waals surface area contributed by atoms with Crippen LogP contribution in [-0.4, -0.2) is 21.9 Å². The van der Waals surface area contributed by atoms with Crippen molar-refractivity contribution < 1.29 is 10.2 Å². The molecule has 0 saturated heterocycles. The van der Waals surface area contributed by atoms with E-state index in [0.29, 0.717) is 17.3 Å². The minimum atomic E-state index is -0.537. The van der Waals surface area contributed by atoms with Crippen molar-refractivity contribution in [3.8, 4) is 0 Å². The third kappa shape index (κ3) is 5.30. The van der Waals surface area contributed by atoms with Gasteiger partial charge < -0.3 is 10.2 Å². The van der Waals surface area contributed by atoms with Gasteiger partial charge in [0.1, 0.15) is 0 Å². The predicted octanol–water partition coefficient (Wildman–Crippen LogP) is 6.98. The average Bonchev–Trinajstić information content (AvgIpc) is 3.00. The summed E-state index contributed by atoms with van der Waals surface area (Å²) in [6.45, 7) is 15.4. The Hall–Kier alpha value is -0.860. The number of aliphatic hydroxyl groups excluding tert-OH is 1. The lowest BCUT2D eigenvalue weighted by molar-refractivity contribution is 0.0596. The van der Waals surface area contributed by atoms with E-state index in [1.807, 2.05) is 13.8 Å². The Kier molecular flexibility index (Phi) is 7.40. The van der Waals surface area contributed by atoms with Crippen LogP contribution in [0, 0.1) is 29.1 Å². The topological polar surface area (TPSA) is 40.5 Å². The highest BCUT2D eigenvalue weighted by molar-refractivity contribution is 5.37. The van der Waals surface area contributed by atoms with Crippen LogP contribution in [0.25, 0.3) is 0 Å². The molecule has 30 heavy (non-hydrogen) atoms. The molecule has 0 bridgehead atoms. The molecule has 3 aliphatic rings. The van der Waals surface area contributed by atoms with Crippen molar-refractivity contribution in [2.24, 2.45) is 29.1 Å². The van der Waals surface area contributed by atoms with E-state index in [9.17, 15) is 10.2 Å². The van der Waals surface area contributed by atoms with Gasteiger partial charge in [0.25, 0.3) is 0 Å². The molecule has 3 rings (SSSR count). The fourth-order valence-corrected chi connectivity index (χ4v) is 6.99. The molecular weight excluding hydrogens is 368 g/mol. The van der Waals surface area contributed by atoms with Gasteiger partial charge in [0, 0.05) is 0 Å². The zero-order valence-electron chi connectivity index (χ0n) is 20.2. The highest BCUT2D eigenvalue weighted by Crippen LogP contribution is 2.60. The van der Waals surface area contributed by atoms with Crippen molar-refractivity contribution in [3.63, 3.8) is 0 Å². The zero-order chi connectivity index (χ0) is 22.1. The second kappa shape index (κ2) is 9.33. The van der Waals surface area contributed by atoms with Gasteiger partial charge in [-0.3, -0.25) is 0 Å². The standard InChI is InChI=1S/C28H46O2/c1-19(9-7-15-27(4,5)30)25-13-14-26-22(10-8-16-28(25,26)6)11-12-23-18-24(29)17-20(2)21(23)3/h11-12,19-20,24-26,29-30H,3,7-10,13-18H2,1-2,4-6H3. The fraction of sp³-hybridized carbons (Fsp3) is 0.786. The Labute approximate surface area is 185 Å². The number of fused-ring (bicyclic) bond motifs is 1. The van der Waals surface area contributed by atoms with Gasteiger partial charge in [-0.05, 0) is 105 Å². The zero-order valence-corrected chi connectivity index (χ0v) is 20.2. The van der Waals surface area contributed by atoms with E-state index in [1.165, 1.54) is 49.7 Å². The number of hydrogen-bond donors (Lipinski definition) is 2. The monoisotopic (exact) mass is 414 g/mol. The molecule has 2 N–H and O–H groups in total. The molecule has 6 atom stereocenters. The van der Waals surface area contributed by atoms with Crippen LogP contribution in [0.4, 0.5) is 0 Å². The Morgan fingerprint density at radius 3 is 2.70 bits per heavy atom. The molecule has 6 unspecified atom stereocenters. The van der Waals surface area contributed by atoms with Gasteiger partial charge in [0.05, 0.1) is 11.7 Å². The maximum absolute atomic E-state index is 10.2. The normalized spacial score (nSPS) is 38.8. The van der Waals surface area contributed by atoms with Crippen LogP contribution in [-0.2, 0) is 0 Å². The Morgan fingerprint density at radius 1 is 1.27 bits per heavy atom. The summed E-state index contributed by atoms with van der Waals surface area (Å²) in [7, 11) is 0. The second-order valence-corrected chi connectivity index (χ2v) is 11.7. The largest absolute Gasteiger partial charge is 0.393 e. The molecule has 170 valence electrons. The number of rotatable bonds is 6. The van der Waals surface area contributed by atoms with Crippen molar-refractivity contribution in [2.75, 3.05) is 0 Å². The van der Waals surface area contributed by atoms with Gasteiger partial charge in [-0.15, -0.1) is 0 Å². The molecule has 0 heterocycles. The number of allylic oxidation sites excluding steroid dienone is 4. The minimum Gasteiger partial charge on any atom is -0.393 e. The van der Waals surface area contributed by atoms with Gasteiger partial charge in [-0.1, -0.05) is 57.9 Å². The van der Waals surface area contributed by atoms with Crippen LogP contribution in [0.3, 0.4) is 0 Å². The van der Waals surface area contributed by atoms with Gasteiger partial charge in [-0.2, -0.15) is 0 Å². The molecule has 3 aliphatic carbocycles. The molecule has 0 aromatic rings. The van der Waals surface area contributed by atoms with Crippen LogP contribution < -0.4 is 0 Å². The van der Waals surface area contributed by atoms with Gasteiger partial charge in [0.15, 0.2) is 0 Å². The smallest absolute Gasteiger partial charge is 0.0591 e. The third-order valence-electron chi connectivity index (χ3n) is 8.76. The first kappa shape index (κ1) is 23.8. The highest BCUT2D eigenvalue weighted by Gasteiger charge is 2.50. The SMILES string of the molecule is C=C1C(=CC=C2CCCC3(C)C2CCC3C(C)CCCC(C)(C)O)CC(O)CC1C. The van der Waals surface area contributed by atoms with Crippen LogP contribution >= 0.6 is 0 Å². The van der Waals surface area contributed by atoms with Gasteiger partial charge in [-0.25, -0.2) is 0 Å². The van der Waals surface area contributed by atoms with Crippen molar-refractivity contribution in [2.45, 2.75) is 111 Å². The average molecular weight is 415 g/mol. The summed E-state index contributed by atoms with van der Waals surface area (Å²) in [5, 5.41) is 20.2. The molecule has 0 aromatic carbocycles. The maximum atomic E-state index is 10.2. The van der Waals surface area contributed by atoms with Crippen LogP contribution in [0.5, 0.6) is 0 Å². The summed E-state index contributed by atoms with van der Waals surface area (Å²) in [6, 6.07) is 0. The van der Waals surface area contributed by atoms with E-state index >= 15 is 0 Å². The van der Waals surface area contributed by atoms with Crippen LogP contribution in [0.15, 0.2) is 35.5 Å². The molecule has 0 radical (unpaired) electrons. The Balaban J connectivity index is 1.70. The number of aliphatic hydroxyl groups is 2. The lowest BCUT2D eigenvalue weighted by Crippen LogP contribution is -2.36. The van der Waals surface area contributed by atoms with Crippen molar-refractivity contribution >= 4 is 0 Å². The molecule has 3 fully saturated rings. The summed E-state index contributed by atoms with van der Waals surface area (Å²) in [6.07, 6.45) is 15.9. The first-order chi connectivity index (χ1) is 14.0. The molecule has 0 aliphatic heterocycles. The van der Waals surface area contributed by atoms with E-state index in [0.717, 1.165) is 37.5 Å². The first-order valence-electron chi connectivity index (χ1n) is 12.5. The summed E-state index contributed by atoms with van der Waals surface area (Å²) < 4.78 is 0. The van der Waals surface area contributed by atoms with Crippen molar-refractivity contribution in [1.82, 2.24) is 0 Å². The molecular formula is C28H46O2. The van der Waals surface area contributed by atoms with E-state index < -0.39 is 5.60 Å². The molecule has 0 amide bonds. The summed E-state index contributed by atoms with van der Waals surface area (Å²) in [4.78, 5) is 0. The van der Waals surface area contributed by atoms with E-state index in [-0.39, 0.29) is 6.10 Å². The van der Waals surface area contributed by atoms with Gasteiger partial charge >= 0.3 is 0 Å². The van der Waals surface area contributed by atoms with E-state index in [4.69, 9.17) is 0 Å². The Bertz CT molecular complexity index is 679. The molecule has 3 saturated carbocycles. The maximum Gasteiger partial charge on any atom is 0.0591 e. The minimum absolute atomic E-state index is 0.215. The van der Waals surface area contributed by atoms with Crippen LogP contribution in [0.2, 0.25) is 0 Å². The quantitative estimate of drug-likeness (QED) is 0.492. The molecule has 2 nitrogen and oxygen atoms in total. The number of hydrogen-bond acceptors (Lipinski definition) is 2. The summed E-state index contributed by atoms with van der Waals surface area (Å²) >= 11 is 0. The molecule has 2 heteroatoms. The van der Waals surface area contributed by atoms with Crippen LogP contribution in [0.1, 0.15) is 98.8 Å². The summed E-state index contributed by atoms with van der Waals surface area (Å²) in [5.41, 5.74) is 4.01. The molecule has 0 spiro atoms. The second-order valence-electron chi connectivity index (χ2n) is 11.7. The lowest BCUT2D eigenvalue weighted by Gasteiger charge is -2.44. The summed E-state index contributed by atoms with van der Waals surface area (Å²) in [5.74, 6) is 2.63. The fourth-order valence-electron chi connectivity index (χ4n) is 6.99. The van der Waals surface area contributed by atoms with E-state index in [2.05, 4.69) is 39.5 Å². The van der Waals surface area contributed by atoms with Crippen molar-refractivity contribution in [3.05, 3.63) is 35.5 Å². The lowest BCUT2D eigenvalue weighted by atomic mass is 9.60. The Morgan fingerprint density at radius 2 is 2.00 bits per heavy atom. The van der Waals surface area contributed by atoms with Crippen molar-refractivity contribution in [1.29, 1.82) is 0 Å². The predicted molar refractivity (Wildman–Crippen MR) is 127 cm³/mol. The third-order valence-corrected chi connectivity index (χ3v) is 8.76. The molecule has 0 aromatic heterocycles.